The van der Waals surface area contributed by atoms with Crippen LogP contribution in [0.5, 0.6) is 0 Å². The Morgan fingerprint density at radius 1 is 1.20 bits per heavy atom. The minimum Gasteiger partial charge on any atom is -0.477 e. The van der Waals surface area contributed by atoms with E-state index in [1.807, 2.05) is 0 Å². The third-order valence-corrected chi connectivity index (χ3v) is 5.02. The molecule has 1 unspecified atom stereocenters. The second-order valence-corrected chi connectivity index (χ2v) is 7.34. The minimum absolute atomic E-state index is 0.0266. The first-order valence-electron chi connectivity index (χ1n) is 9.70. The van der Waals surface area contributed by atoms with Gasteiger partial charge in [0.1, 0.15) is 11.6 Å². The first-order chi connectivity index (χ1) is 16.3. The smallest absolute Gasteiger partial charge is 0.416 e. The Balaban J connectivity index is 1.77. The van der Waals surface area contributed by atoms with Crippen LogP contribution in [-0.2, 0) is 11.0 Å². The van der Waals surface area contributed by atoms with Gasteiger partial charge in [-0.3, -0.25) is 24.7 Å². The van der Waals surface area contributed by atoms with E-state index in [0.29, 0.717) is 0 Å². The summed E-state index contributed by atoms with van der Waals surface area (Å²) in [6.07, 6.45) is -4.53. The summed E-state index contributed by atoms with van der Waals surface area (Å²) in [6.45, 7) is 1.36. The van der Waals surface area contributed by atoms with Crippen LogP contribution >= 0.6 is 0 Å². The zero-order valence-electron chi connectivity index (χ0n) is 18.0. The van der Waals surface area contributed by atoms with Gasteiger partial charge in [0, 0.05) is 18.7 Å². The Hall–Kier alpha value is -4.62. The largest absolute Gasteiger partial charge is 0.477 e. The van der Waals surface area contributed by atoms with Gasteiger partial charge in [0.05, 0.1) is 16.2 Å². The second-order valence-electron chi connectivity index (χ2n) is 7.34. The van der Waals surface area contributed by atoms with Gasteiger partial charge in [-0.15, -0.1) is 0 Å². The lowest BCUT2D eigenvalue weighted by atomic mass is 9.98. The number of nitro groups is 1. The van der Waals surface area contributed by atoms with Crippen molar-refractivity contribution in [1.82, 2.24) is 10.4 Å². The lowest BCUT2D eigenvalue weighted by Gasteiger charge is -2.18. The van der Waals surface area contributed by atoms with Crippen LogP contribution in [0.15, 0.2) is 52.7 Å². The van der Waals surface area contributed by atoms with Crippen molar-refractivity contribution >= 4 is 34.8 Å². The molecule has 0 aliphatic carbocycles. The van der Waals surface area contributed by atoms with E-state index in [1.54, 1.807) is 0 Å². The fourth-order valence-electron chi connectivity index (χ4n) is 3.29. The lowest BCUT2D eigenvalue weighted by molar-refractivity contribution is -0.385. The molecule has 2 N–H and O–H groups in total. The van der Waals surface area contributed by atoms with Gasteiger partial charge in [0.2, 0.25) is 5.78 Å². The van der Waals surface area contributed by atoms with Gasteiger partial charge >= 0.3 is 12.1 Å². The number of likely N-dealkylation sites (N-methyl/N-ethyl adjacent to an activating group) is 1. The number of nitro benzene ring substituents is 1. The van der Waals surface area contributed by atoms with E-state index < -0.39 is 51.6 Å². The van der Waals surface area contributed by atoms with Crippen molar-refractivity contribution in [1.29, 1.82) is 0 Å². The molecule has 3 rings (SSSR count). The van der Waals surface area contributed by atoms with Gasteiger partial charge in [-0.25, -0.2) is 10.2 Å². The summed E-state index contributed by atoms with van der Waals surface area (Å²) in [5.74, 6) is -3.02. The average Bonchev–Trinajstić information content (AvgIpc) is 3.10. The first kappa shape index (κ1) is 25.0. The molecule has 35 heavy (non-hydrogen) atoms. The number of carboxylic acids is 1. The maximum absolute atomic E-state index is 12.9. The van der Waals surface area contributed by atoms with Crippen LogP contribution in [-0.4, -0.2) is 51.2 Å². The topological polar surface area (TPSA) is 155 Å². The summed E-state index contributed by atoms with van der Waals surface area (Å²) in [4.78, 5) is 46.4. The highest BCUT2D eigenvalue weighted by molar-refractivity contribution is 6.68. The van der Waals surface area contributed by atoms with Crippen LogP contribution in [0.25, 0.3) is 0 Å². The van der Waals surface area contributed by atoms with E-state index >= 15 is 0 Å². The number of Topliss-reactive ketones (excluding diaryl/α,β-unsaturated/α-hetero) is 1. The van der Waals surface area contributed by atoms with Crippen LogP contribution in [0.4, 0.5) is 18.9 Å². The molecule has 2 aromatic rings. The number of hydrazone groups is 2. The number of nitrogens with one attached hydrogen (secondary N) is 1. The number of hydrogen-bond acceptors (Lipinski definition) is 8. The Morgan fingerprint density at radius 3 is 2.37 bits per heavy atom. The van der Waals surface area contributed by atoms with Crippen LogP contribution in [0, 0.1) is 10.1 Å². The van der Waals surface area contributed by atoms with Crippen LogP contribution in [0.3, 0.4) is 0 Å². The van der Waals surface area contributed by atoms with E-state index in [0.717, 1.165) is 30.3 Å². The van der Waals surface area contributed by atoms with E-state index in [4.69, 9.17) is 5.11 Å². The van der Waals surface area contributed by atoms with E-state index in [1.165, 1.54) is 31.1 Å². The Bertz CT molecular complexity index is 1290. The fraction of sp³-hybridized carbons (Fsp3) is 0.190. The maximum atomic E-state index is 12.9. The number of ketones is 1. The number of halogens is 3. The number of rotatable bonds is 6. The average molecular weight is 491 g/mol. The molecule has 11 nitrogen and oxygen atoms in total. The van der Waals surface area contributed by atoms with Gasteiger partial charge in [-0.2, -0.15) is 23.4 Å². The molecule has 0 fully saturated rings. The van der Waals surface area contributed by atoms with Crippen molar-refractivity contribution < 1.29 is 37.6 Å². The van der Waals surface area contributed by atoms with Gasteiger partial charge in [-0.1, -0.05) is 12.1 Å². The molecule has 0 radical (unpaired) electrons. The first-order valence-corrected chi connectivity index (χ1v) is 9.70. The summed E-state index contributed by atoms with van der Waals surface area (Å²) in [5.41, 5.74) is -0.310. The molecule has 1 heterocycles. The Labute approximate surface area is 194 Å². The molecule has 182 valence electrons. The van der Waals surface area contributed by atoms with Crippen molar-refractivity contribution in [3.63, 3.8) is 0 Å². The van der Waals surface area contributed by atoms with Crippen molar-refractivity contribution in [3.05, 3.63) is 74.8 Å². The summed E-state index contributed by atoms with van der Waals surface area (Å²) in [7, 11) is 1.45. The van der Waals surface area contributed by atoms with Crippen LogP contribution in [0.2, 0.25) is 0 Å². The van der Waals surface area contributed by atoms with Crippen molar-refractivity contribution in [2.75, 3.05) is 7.05 Å². The van der Waals surface area contributed by atoms with E-state index in [9.17, 15) is 37.7 Å². The highest BCUT2D eigenvalue weighted by Gasteiger charge is 2.37. The molecule has 0 bridgehead atoms. The lowest BCUT2D eigenvalue weighted by Crippen LogP contribution is -2.28. The number of benzene rings is 2. The third kappa shape index (κ3) is 5.15. The predicted octanol–water partition coefficient (Wildman–Crippen LogP) is 3.03. The number of carbonyl (C=O) groups is 3. The molecule has 0 saturated heterocycles. The standard InChI is InChI=1S/C21H16F3N5O6/c1-10(25-26-19(31)12-5-8-14(20(32)33)15(9-12)29(34)35)16-18(30)17(28(2)27-16)11-3-6-13(7-4-11)21(22,23)24/h3-9,17H,1-2H3,(H,26,31)(H,32,33)/b25-10+. The molecule has 1 aliphatic heterocycles. The number of alkyl halides is 3. The number of hydrogen-bond donors (Lipinski definition) is 2. The van der Waals surface area contributed by atoms with Crippen molar-refractivity contribution in [2.45, 2.75) is 19.1 Å². The minimum atomic E-state index is -4.53. The molecule has 0 saturated carbocycles. The highest BCUT2D eigenvalue weighted by Crippen LogP contribution is 2.32. The van der Waals surface area contributed by atoms with Gasteiger partial charge < -0.3 is 5.11 Å². The number of nitrogens with zero attached hydrogens (tertiary/aromatic N) is 4. The number of aromatic carboxylic acids is 1. The summed E-state index contributed by atoms with van der Waals surface area (Å²) in [6, 6.07) is 5.78. The summed E-state index contributed by atoms with van der Waals surface area (Å²) >= 11 is 0. The zero-order chi connectivity index (χ0) is 26.1. The highest BCUT2D eigenvalue weighted by atomic mass is 19.4. The molecular formula is C21H16F3N5O6. The monoisotopic (exact) mass is 491 g/mol. The molecule has 0 spiro atoms. The van der Waals surface area contributed by atoms with Crippen LogP contribution in [0.1, 0.15) is 44.8 Å². The molecule has 0 aromatic heterocycles. The third-order valence-electron chi connectivity index (χ3n) is 5.02. The molecule has 14 heteroatoms. The zero-order valence-corrected chi connectivity index (χ0v) is 18.0. The normalized spacial score (nSPS) is 16.2. The van der Waals surface area contributed by atoms with Crippen molar-refractivity contribution in [2.24, 2.45) is 10.2 Å². The van der Waals surface area contributed by atoms with Crippen LogP contribution < -0.4 is 5.43 Å². The SMILES string of the molecule is C/C(=N\NC(=O)c1ccc(C(=O)O)c([N+](=O)[O-])c1)C1=NN(C)C(c2ccc(C(F)(F)F)cc2)C1=O. The molecule has 1 atom stereocenters. The quantitative estimate of drug-likeness (QED) is 0.358. The number of carboxylic acid groups (broad SMARTS) is 1. The predicted molar refractivity (Wildman–Crippen MR) is 115 cm³/mol. The molecular weight excluding hydrogens is 475 g/mol. The summed E-state index contributed by atoms with van der Waals surface area (Å²) in [5, 5.41) is 29.2. The van der Waals surface area contributed by atoms with Crippen molar-refractivity contribution in [3.8, 4) is 0 Å². The molecule has 1 amide bonds. The van der Waals surface area contributed by atoms with Gasteiger partial charge in [0.25, 0.3) is 11.6 Å². The number of carbonyl (C=O) groups excluding carboxylic acids is 2. The van der Waals surface area contributed by atoms with Gasteiger partial charge in [-0.05, 0) is 36.8 Å². The second kappa shape index (κ2) is 9.32. The van der Waals surface area contributed by atoms with E-state index in [-0.39, 0.29) is 22.6 Å². The molecule has 1 aliphatic rings. The maximum Gasteiger partial charge on any atom is 0.416 e. The number of amides is 1. The molecule has 2 aromatic carbocycles. The Morgan fingerprint density at radius 2 is 1.83 bits per heavy atom. The Kier molecular flexibility index (Phi) is 6.66. The van der Waals surface area contributed by atoms with Gasteiger partial charge in [0.15, 0.2) is 5.71 Å². The summed E-state index contributed by atoms with van der Waals surface area (Å²) < 4.78 is 38.4. The fourth-order valence-corrected chi connectivity index (χ4v) is 3.29. The van der Waals surface area contributed by atoms with E-state index in [2.05, 4.69) is 15.6 Å².